The van der Waals surface area contributed by atoms with Gasteiger partial charge in [0.2, 0.25) is 0 Å². The quantitative estimate of drug-likeness (QED) is 0.286. The van der Waals surface area contributed by atoms with Crippen LogP contribution in [0.25, 0.3) is 16.4 Å². The average Bonchev–Trinajstić information content (AvgIpc) is 3.47. The van der Waals surface area contributed by atoms with Gasteiger partial charge in [-0.1, -0.05) is 36.0 Å². The third-order valence-electron chi connectivity index (χ3n) is 4.43. The van der Waals surface area contributed by atoms with Gasteiger partial charge in [-0.2, -0.15) is 0 Å². The number of methoxy groups -OCH3 is 2. The summed E-state index contributed by atoms with van der Waals surface area (Å²) in [6, 6.07) is 19.1. The number of thiophene rings is 1. The van der Waals surface area contributed by atoms with E-state index in [0.717, 1.165) is 16.4 Å². The lowest BCUT2D eigenvalue weighted by molar-refractivity contribution is 0.102. The molecular weight excluding hydrogens is 418 g/mol. The van der Waals surface area contributed by atoms with E-state index in [2.05, 4.69) is 10.2 Å². The highest BCUT2D eigenvalue weighted by Crippen LogP contribution is 2.32. The minimum Gasteiger partial charge on any atom is -0.493 e. The lowest BCUT2D eigenvalue weighted by atomic mass is 10.1. The van der Waals surface area contributed by atoms with Gasteiger partial charge in [0, 0.05) is 11.3 Å². The molecule has 2 aromatic carbocycles. The van der Waals surface area contributed by atoms with Gasteiger partial charge in [-0.05, 0) is 41.8 Å². The minimum atomic E-state index is -0.0266. The van der Waals surface area contributed by atoms with E-state index in [-0.39, 0.29) is 11.5 Å². The number of benzene rings is 2. The predicted molar refractivity (Wildman–Crippen MR) is 119 cm³/mol. The van der Waals surface area contributed by atoms with Crippen LogP contribution in [0.15, 0.2) is 71.2 Å². The van der Waals surface area contributed by atoms with E-state index in [9.17, 15) is 4.79 Å². The van der Waals surface area contributed by atoms with Crippen LogP contribution in [0.3, 0.4) is 0 Å². The zero-order valence-corrected chi connectivity index (χ0v) is 18.1. The second kappa shape index (κ2) is 9.15. The number of carbonyl (C=O) groups is 1. The van der Waals surface area contributed by atoms with Crippen molar-refractivity contribution in [2.24, 2.45) is 0 Å². The number of carbonyl (C=O) groups excluding carboxylic acids is 1. The minimum absolute atomic E-state index is 0.0266. The third-order valence-corrected chi connectivity index (χ3v) is 6.22. The highest BCUT2D eigenvalue weighted by atomic mass is 32.2. The van der Waals surface area contributed by atoms with Gasteiger partial charge < -0.3 is 9.47 Å². The topological polar surface area (TPSA) is 66.2 Å². The molecule has 0 amide bonds. The lowest BCUT2D eigenvalue weighted by Crippen LogP contribution is -2.05. The lowest BCUT2D eigenvalue weighted by Gasteiger charge is -2.10. The first-order valence-corrected chi connectivity index (χ1v) is 11.0. The van der Waals surface area contributed by atoms with Crippen LogP contribution in [-0.2, 0) is 0 Å². The van der Waals surface area contributed by atoms with Gasteiger partial charge in [0.05, 0.1) is 24.8 Å². The first-order chi connectivity index (χ1) is 14.7. The molecule has 8 heteroatoms. The summed E-state index contributed by atoms with van der Waals surface area (Å²) in [7, 11) is 3.12. The van der Waals surface area contributed by atoms with E-state index in [4.69, 9.17) is 9.47 Å². The maximum absolute atomic E-state index is 12.8. The van der Waals surface area contributed by atoms with Crippen LogP contribution < -0.4 is 9.47 Å². The van der Waals surface area contributed by atoms with Crippen molar-refractivity contribution in [3.63, 3.8) is 0 Å². The van der Waals surface area contributed by atoms with E-state index in [1.807, 2.05) is 52.4 Å². The molecule has 0 bridgehead atoms. The summed E-state index contributed by atoms with van der Waals surface area (Å²) in [5.41, 5.74) is 1.51. The number of para-hydroxylation sites is 1. The number of rotatable bonds is 8. The standard InChI is InChI=1S/C22H19N3O3S2/c1-27-18-11-10-15(13-19(18)28-2)17(26)14-30-22-24-23-21(20-9-6-12-29-20)25(22)16-7-4-3-5-8-16/h3-13H,14H2,1-2H3. The highest BCUT2D eigenvalue weighted by molar-refractivity contribution is 7.99. The Morgan fingerprint density at radius 2 is 1.80 bits per heavy atom. The molecule has 2 heterocycles. The number of hydrogen-bond acceptors (Lipinski definition) is 7. The van der Waals surface area contributed by atoms with Crippen LogP contribution in [0.4, 0.5) is 0 Å². The van der Waals surface area contributed by atoms with E-state index < -0.39 is 0 Å². The van der Waals surface area contributed by atoms with Crippen LogP contribution in [0.2, 0.25) is 0 Å². The second-order valence-corrected chi connectivity index (χ2v) is 8.13. The molecule has 0 aliphatic carbocycles. The van der Waals surface area contributed by atoms with E-state index >= 15 is 0 Å². The Hall–Kier alpha value is -3.10. The maximum Gasteiger partial charge on any atom is 0.196 e. The summed E-state index contributed by atoms with van der Waals surface area (Å²) in [6.07, 6.45) is 0. The largest absolute Gasteiger partial charge is 0.493 e. The second-order valence-electron chi connectivity index (χ2n) is 6.24. The summed E-state index contributed by atoms with van der Waals surface area (Å²) in [5.74, 6) is 2.08. The Balaban J connectivity index is 1.60. The molecule has 30 heavy (non-hydrogen) atoms. The van der Waals surface area contributed by atoms with Crippen molar-refractivity contribution in [1.29, 1.82) is 0 Å². The molecule has 4 aromatic rings. The molecule has 0 N–H and O–H groups in total. The number of thioether (sulfide) groups is 1. The molecule has 0 saturated heterocycles. The van der Waals surface area contributed by atoms with Gasteiger partial charge >= 0.3 is 0 Å². The molecule has 0 unspecified atom stereocenters. The Labute approximate surface area is 182 Å². The van der Waals surface area contributed by atoms with Gasteiger partial charge in [-0.25, -0.2) is 0 Å². The molecule has 0 aliphatic rings. The van der Waals surface area contributed by atoms with Crippen molar-refractivity contribution in [2.45, 2.75) is 5.16 Å². The zero-order valence-electron chi connectivity index (χ0n) is 16.4. The Bertz CT molecular complexity index is 1140. The fourth-order valence-electron chi connectivity index (χ4n) is 2.96. The average molecular weight is 438 g/mol. The van der Waals surface area contributed by atoms with Crippen LogP contribution >= 0.6 is 23.1 Å². The summed E-state index contributed by atoms with van der Waals surface area (Å²) in [5, 5.41) is 11.4. The number of ether oxygens (including phenoxy) is 2. The van der Waals surface area contributed by atoms with Crippen LogP contribution in [0.5, 0.6) is 11.5 Å². The van der Waals surface area contributed by atoms with E-state index in [0.29, 0.717) is 22.2 Å². The first kappa shape index (κ1) is 20.2. The fraction of sp³-hybridized carbons (Fsp3) is 0.136. The number of nitrogens with zero attached hydrogens (tertiary/aromatic N) is 3. The van der Waals surface area contributed by atoms with Crippen molar-refractivity contribution in [1.82, 2.24) is 14.8 Å². The Morgan fingerprint density at radius 3 is 2.50 bits per heavy atom. The summed E-state index contributed by atoms with van der Waals surface area (Å²) in [4.78, 5) is 13.8. The summed E-state index contributed by atoms with van der Waals surface area (Å²) in [6.45, 7) is 0. The van der Waals surface area contributed by atoms with Crippen molar-refractivity contribution in [3.8, 4) is 27.9 Å². The third kappa shape index (κ3) is 4.10. The zero-order chi connectivity index (χ0) is 20.9. The van der Waals surface area contributed by atoms with Crippen molar-refractivity contribution in [3.05, 3.63) is 71.6 Å². The van der Waals surface area contributed by atoms with Crippen LogP contribution in [0.1, 0.15) is 10.4 Å². The van der Waals surface area contributed by atoms with Gasteiger partial charge in [-0.3, -0.25) is 9.36 Å². The van der Waals surface area contributed by atoms with Gasteiger partial charge in [-0.15, -0.1) is 21.5 Å². The molecule has 0 saturated carbocycles. The molecule has 6 nitrogen and oxygen atoms in total. The summed E-state index contributed by atoms with van der Waals surface area (Å²) < 4.78 is 12.5. The van der Waals surface area contributed by atoms with Gasteiger partial charge in [0.15, 0.2) is 28.3 Å². The molecule has 2 aromatic heterocycles. The highest BCUT2D eigenvalue weighted by Gasteiger charge is 2.19. The number of hydrogen-bond donors (Lipinski definition) is 0. The molecule has 4 rings (SSSR count). The molecular formula is C22H19N3O3S2. The SMILES string of the molecule is COc1ccc(C(=O)CSc2nnc(-c3cccs3)n2-c2ccccc2)cc1OC. The van der Waals surface area contributed by atoms with Crippen LogP contribution in [-0.4, -0.2) is 40.5 Å². The van der Waals surface area contributed by atoms with E-state index in [1.165, 1.54) is 11.8 Å². The van der Waals surface area contributed by atoms with Crippen molar-refractivity contribution < 1.29 is 14.3 Å². The van der Waals surface area contributed by atoms with Crippen molar-refractivity contribution >= 4 is 28.9 Å². The number of ketones is 1. The smallest absolute Gasteiger partial charge is 0.196 e. The predicted octanol–water partition coefficient (Wildman–Crippen LogP) is 4.99. The summed E-state index contributed by atoms with van der Waals surface area (Å²) >= 11 is 2.96. The fourth-order valence-corrected chi connectivity index (χ4v) is 4.51. The van der Waals surface area contributed by atoms with E-state index in [1.54, 1.807) is 43.8 Å². The van der Waals surface area contributed by atoms with Gasteiger partial charge in [0.1, 0.15) is 0 Å². The van der Waals surface area contributed by atoms with Crippen molar-refractivity contribution in [2.75, 3.05) is 20.0 Å². The first-order valence-electron chi connectivity index (χ1n) is 9.14. The molecule has 0 fully saturated rings. The molecule has 152 valence electrons. The molecule has 0 atom stereocenters. The molecule has 0 aliphatic heterocycles. The normalized spacial score (nSPS) is 10.7. The molecule has 0 spiro atoms. The maximum atomic E-state index is 12.8. The number of aromatic nitrogens is 3. The number of Topliss-reactive ketones (excluding diaryl/α,β-unsaturated/α-hetero) is 1. The Morgan fingerprint density at radius 1 is 1.00 bits per heavy atom. The molecule has 0 radical (unpaired) electrons. The monoisotopic (exact) mass is 437 g/mol. The van der Waals surface area contributed by atoms with Gasteiger partial charge in [0.25, 0.3) is 0 Å². The Kier molecular flexibility index (Phi) is 6.15. The van der Waals surface area contributed by atoms with Crippen LogP contribution in [0, 0.1) is 0 Å².